The maximum Gasteiger partial charge on any atom is 0.116 e. The molecule has 1 unspecified atom stereocenters. The van der Waals surface area contributed by atoms with E-state index in [4.69, 9.17) is 0 Å². The molecule has 0 fully saturated rings. The smallest absolute Gasteiger partial charge is 0.116 e. The number of aromatic hydroxyl groups is 1. The number of nitrogens with zero attached hydrogens (tertiary/aromatic N) is 5. The molecule has 2 heterocycles. The predicted molar refractivity (Wildman–Crippen MR) is 178 cm³/mol. The van der Waals surface area contributed by atoms with Gasteiger partial charge in [0.2, 0.25) is 0 Å². The van der Waals surface area contributed by atoms with Crippen LogP contribution in [-0.4, -0.2) is 30.9 Å². The molecule has 6 nitrogen and oxygen atoms in total. The fraction of sp³-hybridized carbons (Fsp3) is 0.135. The lowest BCUT2D eigenvalue weighted by Crippen LogP contribution is -2.44. The van der Waals surface area contributed by atoms with Crippen LogP contribution in [0, 0.1) is 0 Å². The quantitative estimate of drug-likeness (QED) is 0.228. The van der Waals surface area contributed by atoms with E-state index >= 15 is 0 Å². The molecule has 43 heavy (non-hydrogen) atoms. The number of fused-ring (bicyclic) bond motifs is 4. The predicted octanol–water partition coefficient (Wildman–Crippen LogP) is 7.09. The second-order valence-corrected chi connectivity index (χ2v) is 11.5. The third kappa shape index (κ3) is 4.52. The van der Waals surface area contributed by atoms with Gasteiger partial charge in [-0.2, -0.15) is 5.11 Å². The first-order chi connectivity index (χ1) is 20.8. The third-order valence-electron chi connectivity index (χ3n) is 8.60. The molecule has 0 saturated heterocycles. The van der Waals surface area contributed by atoms with Crippen molar-refractivity contribution in [1.82, 2.24) is 4.68 Å². The van der Waals surface area contributed by atoms with Crippen molar-refractivity contribution in [2.75, 3.05) is 31.1 Å². The Morgan fingerprint density at radius 2 is 1.53 bits per heavy atom. The SMILES string of the molecule is CN(C)c1ccc(/C=c2\c3n(c4ccc(O)cc24)N(C)C(C)(c2ccc(/N=N/c4cccc5ccccc45)cc2)C=3)cc1. The van der Waals surface area contributed by atoms with Gasteiger partial charge < -0.3 is 15.0 Å². The minimum Gasteiger partial charge on any atom is -0.508 e. The largest absolute Gasteiger partial charge is 0.508 e. The van der Waals surface area contributed by atoms with E-state index in [1.165, 1.54) is 0 Å². The molecule has 7 rings (SSSR count). The number of rotatable bonds is 5. The molecule has 0 radical (unpaired) electrons. The molecule has 6 aromatic rings. The van der Waals surface area contributed by atoms with Crippen molar-refractivity contribution in [3.05, 3.63) is 131 Å². The fourth-order valence-corrected chi connectivity index (χ4v) is 6.07. The molecule has 0 amide bonds. The summed E-state index contributed by atoms with van der Waals surface area (Å²) in [5.41, 5.74) is 5.72. The minimum atomic E-state index is -0.399. The van der Waals surface area contributed by atoms with E-state index in [0.29, 0.717) is 0 Å². The monoisotopic (exact) mass is 563 g/mol. The van der Waals surface area contributed by atoms with Gasteiger partial charge in [0.15, 0.2) is 0 Å². The van der Waals surface area contributed by atoms with Crippen LogP contribution in [0.4, 0.5) is 17.1 Å². The van der Waals surface area contributed by atoms with Crippen LogP contribution in [0.25, 0.3) is 33.8 Å². The fourth-order valence-electron chi connectivity index (χ4n) is 6.07. The molecule has 0 spiro atoms. The van der Waals surface area contributed by atoms with E-state index < -0.39 is 5.54 Å². The molecule has 6 heteroatoms. The van der Waals surface area contributed by atoms with Crippen LogP contribution in [0.1, 0.15) is 18.1 Å². The standard InChI is InChI=1S/C37H33N5O/c1-37(27-14-16-28(17-15-27)38-39-34-11-7-9-26-8-5-6-10-31(26)34)24-36-32(22-25-12-18-29(19-13-25)40(2)3)33-23-30(43)20-21-35(33)42(36)41(37)4/h5-24,43H,1-4H3/b32-22-,39-38+. The molecule has 1 atom stereocenters. The van der Waals surface area contributed by atoms with Gasteiger partial charge in [-0.1, -0.05) is 60.7 Å². The summed E-state index contributed by atoms with van der Waals surface area (Å²) in [4.78, 5) is 2.09. The van der Waals surface area contributed by atoms with E-state index in [1.54, 1.807) is 6.07 Å². The summed E-state index contributed by atoms with van der Waals surface area (Å²) in [7, 11) is 6.20. The molecule has 1 aliphatic heterocycles. The van der Waals surface area contributed by atoms with Crippen LogP contribution in [0.3, 0.4) is 0 Å². The zero-order valence-electron chi connectivity index (χ0n) is 24.7. The average Bonchev–Trinajstić information content (AvgIpc) is 3.46. The Bertz CT molecular complexity index is 2140. The number of azo groups is 1. The number of anilines is 1. The Morgan fingerprint density at radius 1 is 0.791 bits per heavy atom. The summed E-state index contributed by atoms with van der Waals surface area (Å²) >= 11 is 0. The van der Waals surface area contributed by atoms with Crippen molar-refractivity contribution in [2.24, 2.45) is 10.2 Å². The van der Waals surface area contributed by atoms with Crippen molar-refractivity contribution in [3.8, 4) is 5.75 Å². The van der Waals surface area contributed by atoms with Gasteiger partial charge in [-0.15, -0.1) is 5.11 Å². The summed E-state index contributed by atoms with van der Waals surface area (Å²) in [6.45, 7) is 2.23. The van der Waals surface area contributed by atoms with E-state index in [-0.39, 0.29) is 5.75 Å². The van der Waals surface area contributed by atoms with E-state index in [1.807, 2.05) is 62.6 Å². The van der Waals surface area contributed by atoms with Crippen molar-refractivity contribution in [2.45, 2.75) is 12.5 Å². The van der Waals surface area contributed by atoms with Crippen LogP contribution >= 0.6 is 0 Å². The van der Waals surface area contributed by atoms with Gasteiger partial charge in [-0.05, 0) is 84.1 Å². The van der Waals surface area contributed by atoms with Crippen molar-refractivity contribution < 1.29 is 5.11 Å². The minimum absolute atomic E-state index is 0.257. The first-order valence-corrected chi connectivity index (χ1v) is 14.4. The summed E-state index contributed by atoms with van der Waals surface area (Å²) in [6.07, 6.45) is 4.52. The maximum absolute atomic E-state index is 10.4. The molecular formula is C37H33N5O. The van der Waals surface area contributed by atoms with Crippen LogP contribution in [0.2, 0.25) is 0 Å². The first-order valence-electron chi connectivity index (χ1n) is 14.4. The van der Waals surface area contributed by atoms with Crippen LogP contribution in [0.5, 0.6) is 5.75 Å². The number of hydrogen-bond acceptors (Lipinski definition) is 5. The highest BCUT2D eigenvalue weighted by Crippen LogP contribution is 2.34. The van der Waals surface area contributed by atoms with Gasteiger partial charge >= 0.3 is 0 Å². The molecule has 0 aliphatic carbocycles. The van der Waals surface area contributed by atoms with Crippen LogP contribution < -0.4 is 20.5 Å². The molecule has 212 valence electrons. The Balaban J connectivity index is 1.28. The Morgan fingerprint density at radius 3 is 2.30 bits per heavy atom. The molecule has 1 aliphatic rings. The second-order valence-electron chi connectivity index (χ2n) is 11.5. The third-order valence-corrected chi connectivity index (χ3v) is 8.60. The normalized spacial score (nSPS) is 16.7. The average molecular weight is 564 g/mol. The topological polar surface area (TPSA) is 56.4 Å². The molecule has 1 aromatic heterocycles. The number of benzene rings is 5. The van der Waals surface area contributed by atoms with Crippen molar-refractivity contribution in [1.29, 1.82) is 0 Å². The van der Waals surface area contributed by atoms with E-state index in [9.17, 15) is 5.11 Å². The van der Waals surface area contributed by atoms with Gasteiger partial charge in [0.25, 0.3) is 0 Å². The summed E-state index contributed by atoms with van der Waals surface area (Å²) in [5.74, 6) is 0.257. The van der Waals surface area contributed by atoms with Gasteiger partial charge in [0.1, 0.15) is 5.75 Å². The highest BCUT2D eigenvalue weighted by Gasteiger charge is 2.36. The van der Waals surface area contributed by atoms with Gasteiger partial charge in [-0.3, -0.25) is 4.68 Å². The number of aromatic nitrogens is 1. The van der Waals surface area contributed by atoms with Crippen molar-refractivity contribution >= 4 is 50.9 Å². The van der Waals surface area contributed by atoms with Crippen LogP contribution in [-0.2, 0) is 5.54 Å². The molecule has 1 N–H and O–H groups in total. The lowest BCUT2D eigenvalue weighted by Gasteiger charge is -2.35. The van der Waals surface area contributed by atoms with Gasteiger partial charge in [0, 0.05) is 42.8 Å². The zero-order valence-corrected chi connectivity index (χ0v) is 24.7. The Hall–Kier alpha value is -5.36. The highest BCUT2D eigenvalue weighted by molar-refractivity contribution is 5.92. The van der Waals surface area contributed by atoms with E-state index in [2.05, 4.69) is 106 Å². The summed E-state index contributed by atoms with van der Waals surface area (Å²) in [5, 5.41) is 27.2. The van der Waals surface area contributed by atoms with Gasteiger partial charge in [0.05, 0.1) is 27.8 Å². The zero-order chi connectivity index (χ0) is 29.7. The lowest BCUT2D eigenvalue weighted by atomic mass is 9.91. The van der Waals surface area contributed by atoms with Crippen LogP contribution in [0.15, 0.2) is 119 Å². The molecule has 0 saturated carbocycles. The van der Waals surface area contributed by atoms with Gasteiger partial charge in [-0.25, -0.2) is 0 Å². The summed E-state index contributed by atoms with van der Waals surface area (Å²) in [6, 6.07) is 36.8. The number of phenolic OH excluding ortho intramolecular Hbond substituents is 1. The lowest BCUT2D eigenvalue weighted by molar-refractivity contribution is 0.476. The number of hydrogen-bond donors (Lipinski definition) is 1. The summed E-state index contributed by atoms with van der Waals surface area (Å²) < 4.78 is 2.25. The molecule has 5 aromatic carbocycles. The molecule has 0 bridgehead atoms. The molecular weight excluding hydrogens is 530 g/mol. The maximum atomic E-state index is 10.4. The van der Waals surface area contributed by atoms with Crippen molar-refractivity contribution in [3.63, 3.8) is 0 Å². The van der Waals surface area contributed by atoms with E-state index in [0.717, 1.165) is 60.4 Å². The highest BCUT2D eigenvalue weighted by atomic mass is 16.3. The number of phenols is 1. The second kappa shape index (κ2) is 10.2. The Labute approximate surface area is 250 Å². The first kappa shape index (κ1) is 26.5. The Kier molecular flexibility index (Phi) is 6.28.